The Morgan fingerprint density at radius 1 is 0.519 bits per heavy atom. The van der Waals surface area contributed by atoms with E-state index < -0.39 is 0 Å². The topological polar surface area (TPSA) is 0 Å². The van der Waals surface area contributed by atoms with Crippen molar-refractivity contribution >= 4 is 53.2 Å². The molecule has 0 unspecified atom stereocenters. The molecule has 2 aliphatic rings. The average Bonchev–Trinajstić information content (AvgIpc) is 3.80. The first-order chi connectivity index (χ1) is 24.7. The molecule has 0 spiro atoms. The molecule has 0 N–H and O–H groups in total. The number of hydrogen-bond acceptors (Lipinski definition) is 0. The first-order valence-corrected chi connectivity index (χ1v) is 23.7. The molecule has 6 aromatic carbocycles. The molecule has 0 heterocycles. The quantitative estimate of drug-likeness (QED) is 0.106. The molecule has 2 saturated carbocycles. The van der Waals surface area contributed by atoms with E-state index in [9.17, 15) is 0 Å². The van der Waals surface area contributed by atoms with E-state index in [0.717, 1.165) is 24.7 Å². The summed E-state index contributed by atoms with van der Waals surface area (Å²) in [5.74, 6) is 1.81. The molecule has 288 valence electrons. The molecule has 0 nitrogen and oxygen atoms in total. The van der Waals surface area contributed by atoms with Gasteiger partial charge < -0.3 is 14.9 Å². The van der Waals surface area contributed by atoms with E-state index in [1.807, 2.05) is 0 Å². The maximum absolute atomic E-state index is 3.06. The first-order valence-electron chi connectivity index (χ1n) is 19.5. The van der Waals surface area contributed by atoms with Crippen LogP contribution in [-0.4, -0.2) is 6.88 Å². The second kappa shape index (κ2) is 24.4. The summed E-state index contributed by atoms with van der Waals surface area (Å²) in [7, 11) is 0. The van der Waals surface area contributed by atoms with E-state index in [-0.39, 0.29) is 39.7 Å². The molecule has 2 fully saturated rings. The fourth-order valence-electron chi connectivity index (χ4n) is 8.62. The van der Waals surface area contributed by atoms with E-state index in [1.165, 1.54) is 166 Å². The third-order valence-corrected chi connectivity index (χ3v) is 11.5. The Bertz CT molecular complexity index is 1780. The Morgan fingerprint density at radius 3 is 1.20 bits per heavy atom. The summed E-state index contributed by atoms with van der Waals surface area (Å²) in [5.41, 5.74) is 11.3. The molecule has 0 saturated heterocycles. The maximum atomic E-state index is 3.06. The summed E-state index contributed by atoms with van der Waals surface area (Å²) in [6, 6.07) is 41.4. The monoisotopic (exact) mass is 850 g/mol. The number of benzene rings is 4. The van der Waals surface area contributed by atoms with E-state index >= 15 is 0 Å². The van der Waals surface area contributed by atoms with Crippen LogP contribution in [0.4, 0.5) is 0 Å². The van der Waals surface area contributed by atoms with Crippen molar-refractivity contribution in [3.63, 3.8) is 0 Å². The van der Waals surface area contributed by atoms with Gasteiger partial charge in [0.25, 0.3) is 0 Å². The molecule has 0 bridgehead atoms. The average molecular weight is 853 g/mol. The standard InChI is InChI=1S/2C24H27.2CH3.2ClH.Si.Zr/c2*1-2-18-11-13-21(14-12-18)23-10-6-9-22-16-20(17-24(22)23)15-19-7-4-3-5-8-19;;;;;;/h2*6,9-14,16-17,19H,2-5,7-8,15H2,1H3;2*1H3;2*1H;;/q4*-1;;;;. The molecule has 2 aliphatic carbocycles. The Hall–Kier alpha value is -2.22. The molecule has 6 aromatic rings. The summed E-state index contributed by atoms with van der Waals surface area (Å²) in [6.07, 6.45) is 19.0. The van der Waals surface area contributed by atoms with Gasteiger partial charge in [0.05, 0.1) is 0 Å². The summed E-state index contributed by atoms with van der Waals surface area (Å²) in [6.45, 7) is 7.49. The molecular formula is C50H62Cl2SiZr-4. The van der Waals surface area contributed by atoms with Gasteiger partial charge in [-0.25, -0.2) is 0 Å². The normalized spacial score (nSPS) is 14.2. The number of halogens is 2. The third-order valence-electron chi connectivity index (χ3n) is 11.5. The van der Waals surface area contributed by atoms with Gasteiger partial charge in [0.15, 0.2) is 0 Å². The molecule has 0 atom stereocenters. The van der Waals surface area contributed by atoms with E-state index in [2.05, 4.69) is 130 Å². The Kier molecular flexibility index (Phi) is 21.7. The first kappa shape index (κ1) is 47.9. The van der Waals surface area contributed by atoms with Crippen molar-refractivity contribution in [2.24, 2.45) is 11.8 Å². The van der Waals surface area contributed by atoms with Gasteiger partial charge in [0.1, 0.15) is 0 Å². The van der Waals surface area contributed by atoms with E-state index in [0.29, 0.717) is 0 Å². The summed E-state index contributed by atoms with van der Waals surface area (Å²) in [4.78, 5) is 0. The van der Waals surface area contributed by atoms with Gasteiger partial charge in [-0.3, -0.25) is 0 Å². The van der Waals surface area contributed by atoms with Crippen LogP contribution in [0.5, 0.6) is 0 Å². The van der Waals surface area contributed by atoms with Crippen molar-refractivity contribution in [2.45, 2.75) is 104 Å². The van der Waals surface area contributed by atoms with Gasteiger partial charge >= 0.3 is 30.2 Å². The van der Waals surface area contributed by atoms with Crippen LogP contribution in [-0.2, 0) is 49.0 Å². The van der Waals surface area contributed by atoms with Crippen molar-refractivity contribution < 1.29 is 23.3 Å². The Labute approximate surface area is 358 Å². The molecule has 2 radical (unpaired) electrons. The number of fused-ring (bicyclic) bond motifs is 2. The summed E-state index contributed by atoms with van der Waals surface area (Å²) >= 11 is 1.36. The Morgan fingerprint density at radius 2 is 0.870 bits per heavy atom. The molecule has 8 rings (SSSR count). The fourth-order valence-corrected chi connectivity index (χ4v) is 8.62. The van der Waals surface area contributed by atoms with E-state index in [1.54, 1.807) is 0 Å². The molecule has 0 aromatic heterocycles. The van der Waals surface area contributed by atoms with Crippen LogP contribution in [0, 0.1) is 26.7 Å². The Balaban J connectivity index is 0.000000334. The zero-order valence-corrected chi connectivity index (χ0v) is 38.4. The van der Waals surface area contributed by atoms with E-state index in [4.69, 9.17) is 0 Å². The van der Waals surface area contributed by atoms with Crippen molar-refractivity contribution in [3.8, 4) is 22.3 Å². The van der Waals surface area contributed by atoms with Gasteiger partial charge in [-0.1, -0.05) is 150 Å². The van der Waals surface area contributed by atoms with Crippen LogP contribution in [0.15, 0.2) is 109 Å². The van der Waals surface area contributed by atoms with Crippen molar-refractivity contribution in [2.75, 3.05) is 0 Å². The number of hydrogen-bond donors (Lipinski definition) is 0. The summed E-state index contributed by atoms with van der Waals surface area (Å²) in [5, 5.41) is 5.65. The zero-order valence-electron chi connectivity index (χ0n) is 33.3. The van der Waals surface area contributed by atoms with Crippen LogP contribution in [0.25, 0.3) is 43.8 Å². The van der Waals surface area contributed by atoms with Gasteiger partial charge in [-0.05, 0) is 59.8 Å². The van der Waals surface area contributed by atoms with Crippen molar-refractivity contribution in [3.05, 3.63) is 146 Å². The number of rotatable bonds is 8. The second-order valence-corrected chi connectivity index (χ2v) is 14.9. The van der Waals surface area contributed by atoms with Crippen LogP contribution >= 0.6 is 24.8 Å². The predicted molar refractivity (Wildman–Crippen MR) is 242 cm³/mol. The van der Waals surface area contributed by atoms with Crippen LogP contribution in [0.3, 0.4) is 0 Å². The predicted octanol–water partition coefficient (Wildman–Crippen LogP) is 15.2. The minimum absolute atomic E-state index is 0. The molecular weight excluding hydrogens is 791 g/mol. The fraction of sp³-hybridized carbons (Fsp3) is 0.360. The minimum atomic E-state index is 0. The van der Waals surface area contributed by atoms with Crippen LogP contribution in [0.2, 0.25) is 0 Å². The van der Waals surface area contributed by atoms with Gasteiger partial charge in [0.2, 0.25) is 0 Å². The van der Waals surface area contributed by atoms with Crippen molar-refractivity contribution in [1.82, 2.24) is 0 Å². The van der Waals surface area contributed by atoms with Gasteiger partial charge in [-0.2, -0.15) is 12.1 Å². The zero-order chi connectivity index (χ0) is 34.7. The molecule has 0 amide bonds. The van der Waals surface area contributed by atoms with Gasteiger partial charge in [0, 0.05) is 0 Å². The molecule has 0 aliphatic heterocycles. The molecule has 4 heteroatoms. The molecule has 54 heavy (non-hydrogen) atoms. The number of aryl methyl sites for hydroxylation is 2. The third kappa shape index (κ3) is 12.4. The SMILES string of the molecule is CCc1ccc(-c2cccc3[cH-]c(CC4CCCCC4)cc23)cc1.CCc1ccc(-c2cccc3[cH-]c(CC4CCCCC4)cc23)cc1.Cl.Cl.[CH3-].[CH3-].[Si]=[Zr]. The second-order valence-electron chi connectivity index (χ2n) is 14.9. The van der Waals surface area contributed by atoms with Gasteiger partial charge in [-0.15, -0.1) is 93.9 Å². The van der Waals surface area contributed by atoms with Crippen molar-refractivity contribution in [1.29, 1.82) is 0 Å². The van der Waals surface area contributed by atoms with Crippen LogP contribution in [0.1, 0.15) is 100 Å². The van der Waals surface area contributed by atoms with Crippen LogP contribution < -0.4 is 0 Å². The summed E-state index contributed by atoms with van der Waals surface area (Å²) < 4.78 is 0.